The van der Waals surface area contributed by atoms with Crippen LogP contribution in [0.3, 0.4) is 0 Å². The minimum atomic E-state index is 0.915. The van der Waals surface area contributed by atoms with Crippen molar-refractivity contribution in [3.63, 3.8) is 0 Å². The van der Waals surface area contributed by atoms with Crippen molar-refractivity contribution in [3.05, 3.63) is 29.7 Å². The zero-order valence-corrected chi connectivity index (χ0v) is 9.35. The van der Waals surface area contributed by atoms with E-state index in [1.54, 1.807) is 0 Å². The van der Waals surface area contributed by atoms with Crippen LogP contribution in [0.4, 0.5) is 0 Å². The third kappa shape index (κ3) is 1.50. The lowest BCUT2D eigenvalue weighted by molar-refractivity contribution is 0.525. The summed E-state index contributed by atoms with van der Waals surface area (Å²) < 4.78 is 2.20. The minimum Gasteiger partial charge on any atom is -0.310 e. The number of pyridine rings is 1. The molecule has 2 aromatic rings. The molecule has 16 heavy (non-hydrogen) atoms. The van der Waals surface area contributed by atoms with Gasteiger partial charge in [-0.25, -0.2) is 4.98 Å². The zero-order valence-electron chi connectivity index (χ0n) is 9.35. The summed E-state index contributed by atoms with van der Waals surface area (Å²) in [6.07, 6.45) is 3.47. The first-order valence-corrected chi connectivity index (χ1v) is 5.71. The second kappa shape index (κ2) is 3.70. The average molecular weight is 214 g/mol. The largest absolute Gasteiger partial charge is 0.310 e. The van der Waals surface area contributed by atoms with E-state index in [9.17, 15) is 0 Å². The second-order valence-corrected chi connectivity index (χ2v) is 4.21. The highest BCUT2D eigenvalue weighted by Gasteiger charge is 2.17. The van der Waals surface area contributed by atoms with Crippen molar-refractivity contribution in [2.24, 2.45) is 0 Å². The van der Waals surface area contributed by atoms with Gasteiger partial charge < -0.3 is 4.57 Å². The van der Waals surface area contributed by atoms with Crippen LogP contribution in [0.5, 0.6) is 0 Å². The Bertz CT molecular complexity index is 515. The molecule has 0 atom stereocenters. The normalized spacial score (nSPS) is 14.8. The first-order chi connectivity index (χ1) is 7.84. The summed E-state index contributed by atoms with van der Waals surface area (Å²) >= 11 is 0. The van der Waals surface area contributed by atoms with Crippen LogP contribution in [0.2, 0.25) is 0 Å². The summed E-state index contributed by atoms with van der Waals surface area (Å²) in [6.45, 7) is 3.02. The van der Waals surface area contributed by atoms with Crippen molar-refractivity contribution >= 4 is 0 Å². The third-order valence-electron chi connectivity index (χ3n) is 2.98. The maximum absolute atomic E-state index is 4.50. The van der Waals surface area contributed by atoms with Gasteiger partial charge in [0.1, 0.15) is 11.5 Å². The van der Waals surface area contributed by atoms with Crippen molar-refractivity contribution in [2.75, 3.05) is 0 Å². The molecule has 4 nitrogen and oxygen atoms in total. The molecule has 0 aliphatic carbocycles. The number of aryl methyl sites for hydroxylation is 2. The first kappa shape index (κ1) is 9.51. The summed E-state index contributed by atoms with van der Waals surface area (Å²) in [5.74, 6) is 2.02. The van der Waals surface area contributed by atoms with E-state index in [-0.39, 0.29) is 0 Å². The highest BCUT2D eigenvalue weighted by molar-refractivity contribution is 5.49. The lowest BCUT2D eigenvalue weighted by Gasteiger charge is -2.14. The third-order valence-corrected chi connectivity index (χ3v) is 2.98. The van der Waals surface area contributed by atoms with Gasteiger partial charge in [0, 0.05) is 18.7 Å². The Balaban J connectivity index is 2.09. The average Bonchev–Trinajstić information content (AvgIpc) is 2.72. The molecule has 0 radical (unpaired) electrons. The summed E-state index contributed by atoms with van der Waals surface area (Å²) in [7, 11) is 0. The minimum absolute atomic E-state index is 0.915. The van der Waals surface area contributed by atoms with Crippen molar-refractivity contribution in [2.45, 2.75) is 32.7 Å². The van der Waals surface area contributed by atoms with Gasteiger partial charge in [-0.3, -0.25) is 0 Å². The monoisotopic (exact) mass is 214 g/mol. The summed E-state index contributed by atoms with van der Waals surface area (Å²) in [6, 6.07) is 6.01. The van der Waals surface area contributed by atoms with Gasteiger partial charge in [-0.2, -0.15) is 0 Å². The molecule has 2 aromatic heterocycles. The number of hydrogen-bond donors (Lipinski definition) is 0. The Morgan fingerprint density at radius 2 is 2.12 bits per heavy atom. The quantitative estimate of drug-likeness (QED) is 0.729. The van der Waals surface area contributed by atoms with Crippen molar-refractivity contribution in [1.29, 1.82) is 0 Å². The van der Waals surface area contributed by atoms with Crippen molar-refractivity contribution in [1.82, 2.24) is 19.7 Å². The SMILES string of the molecule is Cc1cccc(-c2nnc3n2CCCC3)n1. The molecule has 1 aliphatic rings. The fourth-order valence-electron chi connectivity index (χ4n) is 2.17. The maximum Gasteiger partial charge on any atom is 0.182 e. The standard InChI is InChI=1S/C12H14N4/c1-9-5-4-6-10(13-9)12-15-14-11-7-2-3-8-16(11)12/h4-6H,2-3,7-8H2,1H3. The van der Waals surface area contributed by atoms with E-state index in [0.29, 0.717) is 0 Å². The van der Waals surface area contributed by atoms with Gasteiger partial charge in [0.25, 0.3) is 0 Å². The van der Waals surface area contributed by atoms with Crippen LogP contribution >= 0.6 is 0 Å². The molecule has 0 spiro atoms. The Hall–Kier alpha value is -1.71. The number of nitrogens with zero attached hydrogens (tertiary/aromatic N) is 4. The number of rotatable bonds is 1. The van der Waals surface area contributed by atoms with Crippen LogP contribution in [0.25, 0.3) is 11.5 Å². The lowest BCUT2D eigenvalue weighted by atomic mass is 10.1. The Morgan fingerprint density at radius 3 is 3.00 bits per heavy atom. The molecule has 0 bridgehead atoms. The molecule has 1 aliphatic heterocycles. The Morgan fingerprint density at radius 1 is 1.19 bits per heavy atom. The van der Waals surface area contributed by atoms with E-state index in [1.807, 2.05) is 25.1 Å². The van der Waals surface area contributed by atoms with Gasteiger partial charge in [-0.1, -0.05) is 6.07 Å². The molecule has 0 unspecified atom stereocenters. The van der Waals surface area contributed by atoms with Gasteiger partial charge >= 0.3 is 0 Å². The first-order valence-electron chi connectivity index (χ1n) is 5.71. The van der Waals surface area contributed by atoms with E-state index < -0.39 is 0 Å². The van der Waals surface area contributed by atoms with E-state index in [2.05, 4.69) is 19.7 Å². The van der Waals surface area contributed by atoms with E-state index in [4.69, 9.17) is 0 Å². The Labute approximate surface area is 94.4 Å². The molecule has 0 amide bonds. The molecule has 0 fully saturated rings. The predicted molar refractivity (Wildman–Crippen MR) is 60.9 cm³/mol. The van der Waals surface area contributed by atoms with Crippen LogP contribution in [0.1, 0.15) is 24.4 Å². The molecule has 82 valence electrons. The van der Waals surface area contributed by atoms with Crippen molar-refractivity contribution < 1.29 is 0 Å². The van der Waals surface area contributed by atoms with Gasteiger partial charge in [-0.15, -0.1) is 10.2 Å². The maximum atomic E-state index is 4.50. The van der Waals surface area contributed by atoms with Gasteiger partial charge in [0.2, 0.25) is 0 Å². The topological polar surface area (TPSA) is 43.6 Å². The fourth-order valence-corrected chi connectivity index (χ4v) is 2.17. The lowest BCUT2D eigenvalue weighted by Crippen LogP contribution is -2.11. The summed E-state index contributed by atoms with van der Waals surface area (Å²) in [4.78, 5) is 4.50. The molecular weight excluding hydrogens is 200 g/mol. The molecule has 0 N–H and O–H groups in total. The van der Waals surface area contributed by atoms with Crippen LogP contribution in [-0.2, 0) is 13.0 Å². The predicted octanol–water partition coefficient (Wildman–Crippen LogP) is 1.98. The van der Waals surface area contributed by atoms with Crippen LogP contribution in [0, 0.1) is 6.92 Å². The van der Waals surface area contributed by atoms with Crippen LogP contribution in [0.15, 0.2) is 18.2 Å². The van der Waals surface area contributed by atoms with Gasteiger partial charge in [-0.05, 0) is 31.9 Å². The van der Waals surface area contributed by atoms with E-state index in [0.717, 1.165) is 36.0 Å². The zero-order chi connectivity index (χ0) is 11.0. The molecule has 4 heteroatoms. The molecule has 3 heterocycles. The highest BCUT2D eigenvalue weighted by atomic mass is 15.3. The van der Waals surface area contributed by atoms with E-state index >= 15 is 0 Å². The number of aromatic nitrogens is 4. The van der Waals surface area contributed by atoms with E-state index in [1.165, 1.54) is 12.8 Å². The summed E-state index contributed by atoms with van der Waals surface area (Å²) in [5, 5.41) is 8.50. The molecule has 0 saturated carbocycles. The van der Waals surface area contributed by atoms with Crippen LogP contribution < -0.4 is 0 Å². The van der Waals surface area contributed by atoms with Gasteiger partial charge in [0.05, 0.1) is 0 Å². The highest BCUT2D eigenvalue weighted by Crippen LogP contribution is 2.21. The summed E-state index contributed by atoms with van der Waals surface area (Å²) in [5.41, 5.74) is 1.95. The van der Waals surface area contributed by atoms with Gasteiger partial charge in [0.15, 0.2) is 5.82 Å². The number of hydrogen-bond acceptors (Lipinski definition) is 3. The van der Waals surface area contributed by atoms with Crippen molar-refractivity contribution in [3.8, 4) is 11.5 Å². The smallest absolute Gasteiger partial charge is 0.182 e. The number of fused-ring (bicyclic) bond motifs is 1. The Kier molecular flexibility index (Phi) is 2.20. The fraction of sp³-hybridized carbons (Fsp3) is 0.417. The molecule has 3 rings (SSSR count). The molecular formula is C12H14N4. The molecule has 0 saturated heterocycles. The molecule has 0 aromatic carbocycles. The second-order valence-electron chi connectivity index (χ2n) is 4.21. The van der Waals surface area contributed by atoms with Crippen LogP contribution in [-0.4, -0.2) is 19.7 Å².